The van der Waals surface area contributed by atoms with Gasteiger partial charge in [0.05, 0.1) is 23.2 Å². The topological polar surface area (TPSA) is 79.2 Å². The van der Waals surface area contributed by atoms with Crippen molar-refractivity contribution in [2.75, 3.05) is 13.1 Å². The summed E-state index contributed by atoms with van der Waals surface area (Å²) in [4.78, 5) is 16.4. The average Bonchev–Trinajstić information content (AvgIpc) is 3.05. The van der Waals surface area contributed by atoms with Gasteiger partial charge in [-0.05, 0) is 24.6 Å². The molecule has 1 saturated heterocycles. The fourth-order valence-corrected chi connectivity index (χ4v) is 2.77. The SMILES string of the molecule is Cl.Cl.Cn1c(CCNC(=O)C2CC(O)CN2)nc2ccc(F)cc21. The van der Waals surface area contributed by atoms with Crippen molar-refractivity contribution in [3.8, 4) is 0 Å². The van der Waals surface area contributed by atoms with Gasteiger partial charge in [0.2, 0.25) is 5.91 Å². The van der Waals surface area contributed by atoms with Gasteiger partial charge in [0, 0.05) is 26.6 Å². The third-order valence-corrected chi connectivity index (χ3v) is 4.01. The van der Waals surface area contributed by atoms with Crippen molar-refractivity contribution < 1.29 is 14.3 Å². The van der Waals surface area contributed by atoms with E-state index in [0.29, 0.717) is 25.9 Å². The van der Waals surface area contributed by atoms with E-state index in [2.05, 4.69) is 15.6 Å². The van der Waals surface area contributed by atoms with Crippen LogP contribution >= 0.6 is 24.8 Å². The molecular formula is C15H21Cl2FN4O2. The third-order valence-electron chi connectivity index (χ3n) is 4.01. The number of nitrogens with zero attached hydrogens (tertiary/aromatic N) is 2. The number of β-amino-alcohol motifs (C(OH)–C–C–N with tert-alkyl or cyclic N) is 1. The van der Waals surface area contributed by atoms with E-state index in [4.69, 9.17) is 0 Å². The van der Waals surface area contributed by atoms with E-state index in [1.54, 1.807) is 6.07 Å². The summed E-state index contributed by atoms with van der Waals surface area (Å²) in [7, 11) is 1.83. The maximum Gasteiger partial charge on any atom is 0.237 e. The lowest BCUT2D eigenvalue weighted by molar-refractivity contribution is -0.122. The Hall–Kier alpha value is -1.41. The lowest BCUT2D eigenvalue weighted by Crippen LogP contribution is -2.41. The number of aryl methyl sites for hydroxylation is 1. The molecule has 0 saturated carbocycles. The predicted octanol–water partition coefficient (Wildman–Crippen LogP) is 0.938. The first-order valence-electron chi connectivity index (χ1n) is 7.34. The molecule has 0 spiro atoms. The molecule has 1 fully saturated rings. The molecule has 2 heterocycles. The number of benzene rings is 1. The summed E-state index contributed by atoms with van der Waals surface area (Å²) >= 11 is 0. The Morgan fingerprint density at radius 3 is 2.92 bits per heavy atom. The number of hydrogen-bond acceptors (Lipinski definition) is 4. The highest BCUT2D eigenvalue weighted by molar-refractivity contribution is 5.85. The van der Waals surface area contributed by atoms with Gasteiger partial charge < -0.3 is 20.3 Å². The first-order valence-corrected chi connectivity index (χ1v) is 7.34. The Balaban J connectivity index is 0.00000144. The standard InChI is InChI=1S/C15H19FN4O2.2ClH/c1-20-13-6-9(16)2-3-11(13)19-14(20)4-5-17-15(22)12-7-10(21)8-18-12;;/h2-3,6,10,12,18,21H,4-5,7-8H2,1H3,(H,17,22);2*1H. The number of aliphatic hydroxyl groups is 1. The van der Waals surface area contributed by atoms with Crippen molar-refractivity contribution >= 4 is 41.8 Å². The van der Waals surface area contributed by atoms with Crippen LogP contribution in [0.2, 0.25) is 0 Å². The van der Waals surface area contributed by atoms with Gasteiger partial charge in [0.25, 0.3) is 0 Å². The number of carbonyl (C=O) groups excluding carboxylic acids is 1. The Morgan fingerprint density at radius 1 is 1.50 bits per heavy atom. The van der Waals surface area contributed by atoms with Crippen molar-refractivity contribution in [3.05, 3.63) is 29.8 Å². The molecule has 1 aliphatic heterocycles. The van der Waals surface area contributed by atoms with E-state index in [1.807, 2.05) is 11.6 Å². The minimum absolute atomic E-state index is 0. The molecule has 2 atom stereocenters. The van der Waals surface area contributed by atoms with Gasteiger partial charge in [-0.1, -0.05) is 0 Å². The summed E-state index contributed by atoms with van der Waals surface area (Å²) in [6, 6.07) is 4.16. The molecule has 6 nitrogen and oxygen atoms in total. The maximum atomic E-state index is 13.3. The molecule has 3 rings (SSSR count). The van der Waals surface area contributed by atoms with E-state index < -0.39 is 6.10 Å². The Bertz CT molecular complexity index is 710. The number of rotatable bonds is 4. The smallest absolute Gasteiger partial charge is 0.237 e. The van der Waals surface area contributed by atoms with E-state index in [9.17, 15) is 14.3 Å². The zero-order valence-corrected chi connectivity index (χ0v) is 14.8. The quantitative estimate of drug-likeness (QED) is 0.739. The number of fused-ring (bicyclic) bond motifs is 1. The Kier molecular flexibility index (Phi) is 7.41. The van der Waals surface area contributed by atoms with Gasteiger partial charge in [0.15, 0.2) is 0 Å². The molecule has 1 aromatic carbocycles. The third kappa shape index (κ3) is 4.36. The highest BCUT2D eigenvalue weighted by Crippen LogP contribution is 2.16. The molecule has 2 aromatic rings. The van der Waals surface area contributed by atoms with Gasteiger partial charge in [-0.15, -0.1) is 24.8 Å². The fraction of sp³-hybridized carbons (Fsp3) is 0.467. The van der Waals surface area contributed by atoms with Crippen LogP contribution in [0.25, 0.3) is 11.0 Å². The van der Waals surface area contributed by atoms with Gasteiger partial charge in [-0.2, -0.15) is 0 Å². The van der Waals surface area contributed by atoms with Gasteiger partial charge in [-0.25, -0.2) is 9.37 Å². The molecule has 0 bridgehead atoms. The summed E-state index contributed by atoms with van der Waals surface area (Å²) in [5.41, 5.74) is 1.48. The highest BCUT2D eigenvalue weighted by atomic mass is 35.5. The minimum atomic E-state index is -0.453. The number of amides is 1. The first-order chi connectivity index (χ1) is 10.5. The van der Waals surface area contributed by atoms with Crippen molar-refractivity contribution in [1.82, 2.24) is 20.2 Å². The number of hydrogen-bond donors (Lipinski definition) is 3. The summed E-state index contributed by atoms with van der Waals surface area (Å²) in [5.74, 6) is 0.392. The predicted molar refractivity (Wildman–Crippen MR) is 94.3 cm³/mol. The van der Waals surface area contributed by atoms with Crippen LogP contribution in [0.1, 0.15) is 12.2 Å². The molecule has 9 heteroatoms. The highest BCUT2D eigenvalue weighted by Gasteiger charge is 2.27. The second-order valence-electron chi connectivity index (χ2n) is 5.61. The average molecular weight is 379 g/mol. The van der Waals surface area contributed by atoms with Crippen LogP contribution in [0.4, 0.5) is 4.39 Å². The number of carbonyl (C=O) groups is 1. The molecule has 1 aliphatic rings. The van der Waals surface area contributed by atoms with Crippen LogP contribution < -0.4 is 10.6 Å². The van der Waals surface area contributed by atoms with Crippen LogP contribution in [0.5, 0.6) is 0 Å². The normalized spacial score (nSPS) is 19.6. The molecule has 0 aliphatic carbocycles. The molecule has 1 amide bonds. The van der Waals surface area contributed by atoms with Gasteiger partial charge in [0.1, 0.15) is 11.6 Å². The molecular weight excluding hydrogens is 358 g/mol. The Morgan fingerprint density at radius 2 is 2.25 bits per heavy atom. The van der Waals surface area contributed by atoms with Gasteiger partial charge >= 0.3 is 0 Å². The zero-order chi connectivity index (χ0) is 15.7. The minimum Gasteiger partial charge on any atom is -0.392 e. The molecule has 24 heavy (non-hydrogen) atoms. The number of imidazole rings is 1. The molecule has 2 unspecified atom stereocenters. The molecule has 3 N–H and O–H groups in total. The number of nitrogens with one attached hydrogen (secondary N) is 2. The monoisotopic (exact) mass is 378 g/mol. The summed E-state index contributed by atoms with van der Waals surface area (Å²) in [6.45, 7) is 0.904. The summed E-state index contributed by atoms with van der Waals surface area (Å²) < 4.78 is 15.1. The van der Waals surface area contributed by atoms with Gasteiger partial charge in [-0.3, -0.25) is 4.79 Å². The van der Waals surface area contributed by atoms with Crippen LogP contribution in [0.15, 0.2) is 18.2 Å². The zero-order valence-electron chi connectivity index (χ0n) is 13.2. The second kappa shape index (κ2) is 8.62. The van der Waals surface area contributed by atoms with E-state index in [1.165, 1.54) is 12.1 Å². The number of aliphatic hydroxyl groups excluding tert-OH is 1. The lowest BCUT2D eigenvalue weighted by atomic mass is 10.2. The molecule has 134 valence electrons. The van der Waals surface area contributed by atoms with Crippen LogP contribution in [-0.2, 0) is 18.3 Å². The summed E-state index contributed by atoms with van der Waals surface area (Å²) in [6.07, 6.45) is 0.552. The van der Waals surface area contributed by atoms with E-state index in [0.717, 1.165) is 16.9 Å². The number of aromatic nitrogens is 2. The molecule has 1 aromatic heterocycles. The van der Waals surface area contributed by atoms with Crippen molar-refractivity contribution in [3.63, 3.8) is 0 Å². The molecule has 0 radical (unpaired) electrons. The van der Waals surface area contributed by atoms with Crippen LogP contribution in [0, 0.1) is 5.82 Å². The van der Waals surface area contributed by atoms with Crippen molar-refractivity contribution in [1.29, 1.82) is 0 Å². The van der Waals surface area contributed by atoms with Crippen molar-refractivity contribution in [2.45, 2.75) is 25.0 Å². The Labute approximate surface area is 151 Å². The summed E-state index contributed by atoms with van der Waals surface area (Å²) in [5, 5.41) is 15.2. The van der Waals surface area contributed by atoms with Crippen LogP contribution in [0.3, 0.4) is 0 Å². The van der Waals surface area contributed by atoms with E-state index >= 15 is 0 Å². The first kappa shape index (κ1) is 20.6. The second-order valence-corrected chi connectivity index (χ2v) is 5.61. The van der Waals surface area contributed by atoms with E-state index in [-0.39, 0.29) is 42.6 Å². The maximum absolute atomic E-state index is 13.3. The van der Waals surface area contributed by atoms with Crippen molar-refractivity contribution in [2.24, 2.45) is 7.05 Å². The van der Waals surface area contributed by atoms with Crippen LogP contribution in [-0.4, -0.2) is 45.8 Å². The number of halogens is 3. The fourth-order valence-electron chi connectivity index (χ4n) is 2.77. The lowest BCUT2D eigenvalue weighted by Gasteiger charge is -2.10. The largest absolute Gasteiger partial charge is 0.392 e.